The maximum Gasteiger partial charge on any atom is 0.239 e. The summed E-state index contributed by atoms with van der Waals surface area (Å²) in [4.78, 5) is 13.7. The summed E-state index contributed by atoms with van der Waals surface area (Å²) in [7, 11) is 3.97. The molecule has 20 heavy (non-hydrogen) atoms. The van der Waals surface area contributed by atoms with E-state index in [0.29, 0.717) is 13.2 Å². The van der Waals surface area contributed by atoms with Crippen LogP contribution in [0.3, 0.4) is 0 Å². The summed E-state index contributed by atoms with van der Waals surface area (Å²) >= 11 is 0. The van der Waals surface area contributed by atoms with E-state index in [1.807, 2.05) is 43.3 Å². The zero-order chi connectivity index (χ0) is 15.0. The minimum absolute atomic E-state index is 0.378. The van der Waals surface area contributed by atoms with E-state index in [1.165, 1.54) is 0 Å². The standard InChI is InChI=1S/C15H25N3O2/c1-4-10-20-13-7-5-6-12(11-13)14(15(16)19)17-8-9-18(2)3/h5-7,11,14,17H,4,8-10H2,1-3H3,(H2,16,19). The lowest BCUT2D eigenvalue weighted by molar-refractivity contribution is -0.120. The van der Waals surface area contributed by atoms with E-state index < -0.39 is 6.04 Å². The van der Waals surface area contributed by atoms with Crippen LogP contribution in [0.5, 0.6) is 5.75 Å². The lowest BCUT2D eigenvalue weighted by Crippen LogP contribution is -2.37. The van der Waals surface area contributed by atoms with Crippen LogP contribution in [-0.2, 0) is 4.79 Å². The number of benzene rings is 1. The molecule has 0 fully saturated rings. The molecule has 1 unspecified atom stereocenters. The maximum absolute atomic E-state index is 11.6. The van der Waals surface area contributed by atoms with Crippen molar-refractivity contribution < 1.29 is 9.53 Å². The summed E-state index contributed by atoms with van der Waals surface area (Å²) in [5.74, 6) is 0.390. The highest BCUT2D eigenvalue weighted by molar-refractivity contribution is 5.81. The van der Waals surface area contributed by atoms with Gasteiger partial charge in [-0.25, -0.2) is 0 Å². The quantitative estimate of drug-likeness (QED) is 0.711. The van der Waals surface area contributed by atoms with Gasteiger partial charge >= 0.3 is 0 Å². The number of nitrogens with zero attached hydrogens (tertiary/aromatic N) is 1. The molecule has 0 radical (unpaired) electrons. The molecule has 1 atom stereocenters. The van der Waals surface area contributed by atoms with Gasteiger partial charge in [-0.15, -0.1) is 0 Å². The third-order valence-corrected chi connectivity index (χ3v) is 2.86. The number of primary amides is 1. The SMILES string of the molecule is CCCOc1cccc(C(NCCN(C)C)C(N)=O)c1. The number of likely N-dealkylation sites (N-methyl/N-ethyl adjacent to an activating group) is 1. The fourth-order valence-corrected chi connectivity index (χ4v) is 1.82. The second-order valence-electron chi connectivity index (χ2n) is 5.01. The number of rotatable bonds is 9. The zero-order valence-corrected chi connectivity index (χ0v) is 12.6. The highest BCUT2D eigenvalue weighted by Crippen LogP contribution is 2.19. The third-order valence-electron chi connectivity index (χ3n) is 2.86. The minimum Gasteiger partial charge on any atom is -0.494 e. The summed E-state index contributed by atoms with van der Waals surface area (Å²) in [5, 5.41) is 3.18. The number of carbonyl (C=O) groups excluding carboxylic acids is 1. The predicted molar refractivity (Wildman–Crippen MR) is 80.7 cm³/mol. The van der Waals surface area contributed by atoms with Crippen molar-refractivity contribution in [2.45, 2.75) is 19.4 Å². The molecule has 0 aliphatic rings. The number of amides is 1. The average Bonchev–Trinajstić information content (AvgIpc) is 2.41. The van der Waals surface area contributed by atoms with Crippen LogP contribution in [0.15, 0.2) is 24.3 Å². The Morgan fingerprint density at radius 1 is 1.45 bits per heavy atom. The minimum atomic E-state index is -0.486. The van der Waals surface area contributed by atoms with E-state index in [0.717, 1.165) is 24.3 Å². The monoisotopic (exact) mass is 279 g/mol. The Morgan fingerprint density at radius 3 is 2.80 bits per heavy atom. The Labute approximate surface area is 121 Å². The van der Waals surface area contributed by atoms with Crippen LogP contribution in [0.25, 0.3) is 0 Å². The van der Waals surface area contributed by atoms with Crippen molar-refractivity contribution in [2.75, 3.05) is 33.8 Å². The first-order valence-electron chi connectivity index (χ1n) is 6.94. The van der Waals surface area contributed by atoms with E-state index >= 15 is 0 Å². The van der Waals surface area contributed by atoms with Crippen molar-refractivity contribution in [3.05, 3.63) is 29.8 Å². The molecule has 0 aliphatic heterocycles. The lowest BCUT2D eigenvalue weighted by Gasteiger charge is -2.18. The Bertz CT molecular complexity index is 421. The molecule has 0 spiro atoms. The highest BCUT2D eigenvalue weighted by Gasteiger charge is 2.17. The number of nitrogens with two attached hydrogens (primary N) is 1. The molecule has 1 aromatic rings. The molecule has 0 aromatic heterocycles. The molecule has 112 valence electrons. The molecule has 0 heterocycles. The molecular weight excluding hydrogens is 254 g/mol. The van der Waals surface area contributed by atoms with Gasteiger partial charge in [-0.2, -0.15) is 0 Å². The van der Waals surface area contributed by atoms with Gasteiger partial charge < -0.3 is 20.7 Å². The van der Waals surface area contributed by atoms with Gasteiger partial charge in [0.25, 0.3) is 0 Å². The van der Waals surface area contributed by atoms with Crippen molar-refractivity contribution in [2.24, 2.45) is 5.73 Å². The first-order chi connectivity index (χ1) is 9.54. The Morgan fingerprint density at radius 2 is 2.20 bits per heavy atom. The molecule has 0 saturated carbocycles. The van der Waals surface area contributed by atoms with E-state index in [2.05, 4.69) is 12.2 Å². The summed E-state index contributed by atoms with van der Waals surface area (Å²) in [6, 6.07) is 7.03. The van der Waals surface area contributed by atoms with Crippen molar-refractivity contribution in [3.8, 4) is 5.75 Å². The van der Waals surface area contributed by atoms with Gasteiger partial charge in [0.2, 0.25) is 5.91 Å². The van der Waals surface area contributed by atoms with Crippen LogP contribution in [0.1, 0.15) is 24.9 Å². The van der Waals surface area contributed by atoms with Crippen LogP contribution in [0.4, 0.5) is 0 Å². The van der Waals surface area contributed by atoms with Crippen molar-refractivity contribution >= 4 is 5.91 Å². The molecular formula is C15H25N3O2. The Hall–Kier alpha value is -1.59. The van der Waals surface area contributed by atoms with Crippen LogP contribution >= 0.6 is 0 Å². The molecule has 1 rings (SSSR count). The van der Waals surface area contributed by atoms with Crippen molar-refractivity contribution in [1.82, 2.24) is 10.2 Å². The van der Waals surface area contributed by atoms with Crippen LogP contribution in [0, 0.1) is 0 Å². The largest absolute Gasteiger partial charge is 0.494 e. The van der Waals surface area contributed by atoms with Gasteiger partial charge in [0.1, 0.15) is 11.8 Å². The van der Waals surface area contributed by atoms with Gasteiger partial charge in [-0.05, 0) is 38.2 Å². The summed E-state index contributed by atoms with van der Waals surface area (Å²) in [5.41, 5.74) is 6.32. The molecule has 5 heteroatoms. The third kappa shape index (κ3) is 5.59. The van der Waals surface area contributed by atoms with Gasteiger partial charge in [0.05, 0.1) is 6.61 Å². The van der Waals surface area contributed by atoms with Crippen LogP contribution < -0.4 is 15.8 Å². The van der Waals surface area contributed by atoms with Gasteiger partial charge in [0.15, 0.2) is 0 Å². The number of hydrogen-bond acceptors (Lipinski definition) is 4. The second kappa shape index (κ2) is 8.55. The maximum atomic E-state index is 11.6. The highest BCUT2D eigenvalue weighted by atomic mass is 16.5. The molecule has 0 bridgehead atoms. The fourth-order valence-electron chi connectivity index (χ4n) is 1.82. The normalized spacial score (nSPS) is 12.4. The molecule has 0 saturated heterocycles. The average molecular weight is 279 g/mol. The predicted octanol–water partition coefficient (Wildman–Crippen LogP) is 1.15. The lowest BCUT2D eigenvalue weighted by atomic mass is 10.1. The fraction of sp³-hybridized carbons (Fsp3) is 0.533. The number of carbonyl (C=O) groups is 1. The van der Waals surface area contributed by atoms with E-state index in [9.17, 15) is 4.79 Å². The first-order valence-corrected chi connectivity index (χ1v) is 6.94. The van der Waals surface area contributed by atoms with Crippen LogP contribution in [0.2, 0.25) is 0 Å². The van der Waals surface area contributed by atoms with Gasteiger partial charge in [-0.1, -0.05) is 19.1 Å². The smallest absolute Gasteiger partial charge is 0.239 e. The molecule has 1 aromatic carbocycles. The summed E-state index contributed by atoms with van der Waals surface area (Å²) in [6.45, 7) is 4.26. The molecule has 0 aliphatic carbocycles. The number of ether oxygens (including phenoxy) is 1. The molecule has 5 nitrogen and oxygen atoms in total. The van der Waals surface area contributed by atoms with Crippen molar-refractivity contribution in [1.29, 1.82) is 0 Å². The summed E-state index contributed by atoms with van der Waals surface area (Å²) < 4.78 is 5.58. The van der Waals surface area contributed by atoms with E-state index in [4.69, 9.17) is 10.5 Å². The van der Waals surface area contributed by atoms with Crippen LogP contribution in [-0.4, -0.2) is 44.6 Å². The van der Waals surface area contributed by atoms with Gasteiger partial charge in [0, 0.05) is 13.1 Å². The Balaban J connectivity index is 2.72. The Kier molecular flexibility index (Phi) is 7.04. The van der Waals surface area contributed by atoms with E-state index in [1.54, 1.807) is 0 Å². The van der Waals surface area contributed by atoms with Crippen molar-refractivity contribution in [3.63, 3.8) is 0 Å². The number of hydrogen-bond donors (Lipinski definition) is 2. The zero-order valence-electron chi connectivity index (χ0n) is 12.6. The topological polar surface area (TPSA) is 67.6 Å². The molecule has 3 N–H and O–H groups in total. The second-order valence-corrected chi connectivity index (χ2v) is 5.01. The number of nitrogens with one attached hydrogen (secondary N) is 1. The van der Waals surface area contributed by atoms with E-state index in [-0.39, 0.29) is 5.91 Å². The summed E-state index contributed by atoms with van der Waals surface area (Å²) in [6.07, 6.45) is 0.949. The van der Waals surface area contributed by atoms with Gasteiger partial charge in [-0.3, -0.25) is 4.79 Å². The first kappa shape index (κ1) is 16.5. The molecule has 1 amide bonds.